The first kappa shape index (κ1) is 10.4. The molecule has 0 aromatic heterocycles. The van der Waals surface area contributed by atoms with Gasteiger partial charge >= 0.3 is 0 Å². The predicted molar refractivity (Wildman–Crippen MR) is 54.5 cm³/mol. The van der Waals surface area contributed by atoms with Gasteiger partial charge in [0.15, 0.2) is 10.5 Å². The molecule has 0 heterocycles. The van der Waals surface area contributed by atoms with Crippen LogP contribution in [0.1, 0.15) is 10.4 Å². The van der Waals surface area contributed by atoms with Crippen LogP contribution < -0.4 is 0 Å². The molecule has 4 heteroatoms. The molecule has 2 nitrogen and oxygen atoms in total. The van der Waals surface area contributed by atoms with Crippen LogP contribution in [-0.4, -0.2) is 21.0 Å². The number of benzene rings is 1. The molecule has 70 valence electrons. The highest BCUT2D eigenvalue weighted by molar-refractivity contribution is 7.87. The summed E-state index contributed by atoms with van der Waals surface area (Å²) >= 11 is 5.65. The van der Waals surface area contributed by atoms with Crippen molar-refractivity contribution in [2.75, 3.05) is 6.26 Å². The van der Waals surface area contributed by atoms with Crippen molar-refractivity contribution in [3.63, 3.8) is 0 Å². The Bertz CT molecular complexity index is 324. The fourth-order valence-corrected chi connectivity index (χ4v) is 1.45. The monoisotopic (exact) mass is 216 g/mol. The molecule has 0 aliphatic rings. The minimum atomic E-state index is -1.33. The van der Waals surface area contributed by atoms with Crippen LogP contribution in [0.2, 0.25) is 0 Å². The molecule has 0 radical (unpaired) electrons. The van der Waals surface area contributed by atoms with E-state index in [-0.39, 0.29) is 5.78 Å². The largest absolute Gasteiger partial charge is 0.291 e. The molecule has 0 fully saturated rings. The zero-order chi connectivity index (χ0) is 9.84. The minimum absolute atomic E-state index is 0.289. The molecule has 1 rings (SSSR count). The fourth-order valence-electron chi connectivity index (χ4n) is 0.884. The van der Waals surface area contributed by atoms with E-state index < -0.39 is 15.5 Å². The Kier molecular flexibility index (Phi) is 3.63. The average molecular weight is 217 g/mol. The van der Waals surface area contributed by atoms with Gasteiger partial charge in [0.25, 0.3) is 0 Å². The van der Waals surface area contributed by atoms with Gasteiger partial charge in [0.2, 0.25) is 0 Å². The summed E-state index contributed by atoms with van der Waals surface area (Å²) in [5.74, 6) is -0.289. The molecule has 0 amide bonds. The van der Waals surface area contributed by atoms with E-state index in [9.17, 15) is 9.00 Å². The van der Waals surface area contributed by atoms with Crippen molar-refractivity contribution in [2.45, 2.75) is 4.71 Å². The molecule has 0 bridgehead atoms. The van der Waals surface area contributed by atoms with Gasteiger partial charge in [0.05, 0.1) is 0 Å². The Labute approximate surface area is 84.4 Å². The molecule has 2 atom stereocenters. The Hall–Kier alpha value is -0.670. The smallest absolute Gasteiger partial charge is 0.193 e. The van der Waals surface area contributed by atoms with Crippen LogP contribution in [0.5, 0.6) is 0 Å². The second-order valence-corrected chi connectivity index (χ2v) is 4.71. The lowest BCUT2D eigenvalue weighted by Crippen LogP contribution is -2.18. The molecule has 0 N–H and O–H groups in total. The number of carbonyl (C=O) groups excluding carboxylic acids is 1. The van der Waals surface area contributed by atoms with E-state index in [0.29, 0.717) is 5.56 Å². The summed E-state index contributed by atoms with van der Waals surface area (Å²) in [4.78, 5) is 11.5. The van der Waals surface area contributed by atoms with Crippen LogP contribution >= 0.6 is 11.6 Å². The molecule has 13 heavy (non-hydrogen) atoms. The number of ketones is 1. The van der Waals surface area contributed by atoms with Gasteiger partial charge in [-0.15, -0.1) is 0 Å². The van der Waals surface area contributed by atoms with Crippen LogP contribution in [0.25, 0.3) is 0 Å². The van der Waals surface area contributed by atoms with E-state index >= 15 is 0 Å². The number of hydrogen-bond donors (Lipinski definition) is 0. The average Bonchev–Trinajstić information content (AvgIpc) is 2.17. The summed E-state index contributed by atoms with van der Waals surface area (Å²) in [5.41, 5.74) is 0.498. The fraction of sp³-hybridized carbons (Fsp3) is 0.222. The lowest BCUT2D eigenvalue weighted by atomic mass is 10.1. The van der Waals surface area contributed by atoms with E-state index in [1.807, 2.05) is 6.07 Å². The van der Waals surface area contributed by atoms with Crippen molar-refractivity contribution in [3.05, 3.63) is 35.9 Å². The molecule has 0 unspecified atom stereocenters. The van der Waals surface area contributed by atoms with Crippen LogP contribution in [0.15, 0.2) is 30.3 Å². The summed E-state index contributed by atoms with van der Waals surface area (Å²) in [5, 5.41) is 0. The van der Waals surface area contributed by atoms with E-state index in [2.05, 4.69) is 0 Å². The van der Waals surface area contributed by atoms with Crippen LogP contribution in [0, 0.1) is 0 Å². The van der Waals surface area contributed by atoms with Crippen LogP contribution in [-0.2, 0) is 10.8 Å². The summed E-state index contributed by atoms with van der Waals surface area (Å²) in [6.07, 6.45) is 1.42. The van der Waals surface area contributed by atoms with E-state index in [1.165, 1.54) is 6.26 Å². The number of carbonyl (C=O) groups is 1. The second-order valence-electron chi connectivity index (χ2n) is 2.54. The van der Waals surface area contributed by atoms with Gasteiger partial charge in [0.1, 0.15) is 0 Å². The topological polar surface area (TPSA) is 34.1 Å². The van der Waals surface area contributed by atoms with Crippen molar-refractivity contribution >= 4 is 28.2 Å². The number of alkyl halides is 1. The number of rotatable bonds is 3. The normalized spacial score (nSPS) is 14.9. The lowest BCUT2D eigenvalue weighted by molar-refractivity contribution is 0.101. The van der Waals surface area contributed by atoms with Gasteiger partial charge in [-0.25, -0.2) is 0 Å². The Morgan fingerprint density at radius 1 is 1.38 bits per heavy atom. The van der Waals surface area contributed by atoms with Crippen LogP contribution in [0.3, 0.4) is 0 Å². The maximum Gasteiger partial charge on any atom is 0.193 e. The molecular weight excluding hydrogens is 208 g/mol. The third-order valence-electron chi connectivity index (χ3n) is 1.56. The molecule has 0 aliphatic carbocycles. The summed E-state index contributed by atoms with van der Waals surface area (Å²) < 4.78 is 9.97. The molecule has 1 aromatic carbocycles. The molecule has 0 aliphatic heterocycles. The first-order valence-electron chi connectivity index (χ1n) is 3.68. The first-order chi connectivity index (χ1) is 6.13. The van der Waals surface area contributed by atoms with Crippen molar-refractivity contribution < 1.29 is 9.00 Å². The maximum atomic E-state index is 11.5. The highest BCUT2D eigenvalue weighted by Crippen LogP contribution is 2.10. The van der Waals surface area contributed by atoms with Gasteiger partial charge in [-0.1, -0.05) is 41.9 Å². The first-order valence-corrected chi connectivity index (χ1v) is 5.74. The van der Waals surface area contributed by atoms with Gasteiger partial charge in [-0.3, -0.25) is 9.00 Å². The quantitative estimate of drug-likeness (QED) is 0.571. The number of halogens is 1. The minimum Gasteiger partial charge on any atom is -0.291 e. The molecule has 0 spiro atoms. The third kappa shape index (κ3) is 2.64. The van der Waals surface area contributed by atoms with E-state index in [0.717, 1.165) is 0 Å². The molecule has 0 saturated heterocycles. The maximum absolute atomic E-state index is 11.5. The van der Waals surface area contributed by atoms with Gasteiger partial charge in [-0.2, -0.15) is 0 Å². The Balaban J connectivity index is 2.86. The highest BCUT2D eigenvalue weighted by atomic mass is 35.5. The second kappa shape index (κ2) is 4.53. The third-order valence-corrected chi connectivity index (χ3v) is 3.30. The predicted octanol–water partition coefficient (Wildman–Crippen LogP) is 1.81. The van der Waals surface area contributed by atoms with Crippen molar-refractivity contribution in [3.8, 4) is 0 Å². The van der Waals surface area contributed by atoms with Gasteiger partial charge < -0.3 is 0 Å². The summed E-state index contributed by atoms with van der Waals surface area (Å²) in [6, 6.07) is 8.61. The SMILES string of the molecule is C[S@](=O)[C@@H](Cl)C(=O)c1ccccc1. The lowest BCUT2D eigenvalue weighted by Gasteiger charge is -2.04. The van der Waals surface area contributed by atoms with Crippen LogP contribution in [0.4, 0.5) is 0 Å². The van der Waals surface area contributed by atoms with Crippen molar-refractivity contribution in [2.24, 2.45) is 0 Å². The number of Topliss-reactive ketones (excluding diaryl/α,β-unsaturated/α-hetero) is 1. The molecular formula is C9H9ClO2S. The van der Waals surface area contributed by atoms with E-state index in [1.54, 1.807) is 24.3 Å². The van der Waals surface area contributed by atoms with Gasteiger partial charge in [0, 0.05) is 22.6 Å². The molecule has 0 saturated carbocycles. The molecule has 1 aromatic rings. The standard InChI is InChI=1S/C9H9ClO2S/c1-13(12)9(10)8(11)7-5-3-2-4-6-7/h2-6,9H,1H3/t9-,13+/m1/s1. The Morgan fingerprint density at radius 2 is 1.92 bits per heavy atom. The number of hydrogen-bond acceptors (Lipinski definition) is 2. The van der Waals surface area contributed by atoms with Gasteiger partial charge in [-0.05, 0) is 0 Å². The summed E-state index contributed by atoms with van der Waals surface area (Å²) in [6.45, 7) is 0. The van der Waals surface area contributed by atoms with Crippen molar-refractivity contribution in [1.29, 1.82) is 0 Å². The Morgan fingerprint density at radius 3 is 2.38 bits per heavy atom. The van der Waals surface area contributed by atoms with Crippen molar-refractivity contribution in [1.82, 2.24) is 0 Å². The highest BCUT2D eigenvalue weighted by Gasteiger charge is 2.20. The summed E-state index contributed by atoms with van der Waals surface area (Å²) in [7, 11) is -1.33. The van der Waals surface area contributed by atoms with E-state index in [4.69, 9.17) is 11.6 Å². The zero-order valence-corrected chi connectivity index (χ0v) is 8.64. The zero-order valence-electron chi connectivity index (χ0n) is 7.07.